The molecule has 0 saturated carbocycles. The van der Waals surface area contributed by atoms with E-state index < -0.39 is 0 Å². The predicted octanol–water partition coefficient (Wildman–Crippen LogP) is 8.31. The molecule has 0 N–H and O–H groups in total. The molecule has 0 aliphatic rings. The number of hydrogen-bond donors (Lipinski definition) is 0. The van der Waals surface area contributed by atoms with Crippen LogP contribution in [0.3, 0.4) is 0 Å². The minimum atomic E-state index is 1.39. The normalized spacial score (nSPS) is 11.3. The molecule has 1 aromatic carbocycles. The number of hydrogen-bond acceptors (Lipinski definition) is 4. The Kier molecular flexibility index (Phi) is 4.25. The topological polar surface area (TPSA) is 0 Å². The van der Waals surface area contributed by atoms with E-state index in [4.69, 9.17) is 0 Å². The first-order valence-corrected chi connectivity index (χ1v) is 11.1. The number of fused-ring (bicyclic) bond motifs is 3. The Labute approximate surface area is 158 Å². The molecule has 0 nitrogen and oxygen atoms in total. The third-order valence-corrected chi connectivity index (χ3v) is 8.01. The van der Waals surface area contributed by atoms with Gasteiger partial charge in [0.1, 0.15) is 0 Å². The lowest BCUT2D eigenvalue weighted by Crippen LogP contribution is -1.62. The Bertz CT molecular complexity index is 981. The molecular formula is C20H18S4. The minimum Gasteiger partial charge on any atom is -0.141 e. The van der Waals surface area contributed by atoms with Crippen molar-refractivity contribution in [1.29, 1.82) is 0 Å². The van der Waals surface area contributed by atoms with E-state index in [0.29, 0.717) is 0 Å². The Morgan fingerprint density at radius 2 is 0.750 bits per heavy atom. The Hall–Kier alpha value is -1.20. The van der Waals surface area contributed by atoms with Crippen molar-refractivity contribution in [2.75, 3.05) is 0 Å². The summed E-state index contributed by atoms with van der Waals surface area (Å²) in [6.07, 6.45) is 0. The van der Waals surface area contributed by atoms with Gasteiger partial charge in [0.05, 0.1) is 0 Å². The summed E-state index contributed by atoms with van der Waals surface area (Å²) in [5.41, 5.74) is 0. The van der Waals surface area contributed by atoms with E-state index in [-0.39, 0.29) is 0 Å². The first-order chi connectivity index (χ1) is 11.5. The molecule has 0 aliphatic heterocycles. The van der Waals surface area contributed by atoms with E-state index in [1.807, 2.05) is 45.3 Å². The van der Waals surface area contributed by atoms with E-state index in [0.717, 1.165) is 0 Å². The highest BCUT2D eigenvalue weighted by atomic mass is 32.1. The lowest BCUT2D eigenvalue weighted by atomic mass is 10.2. The first kappa shape index (κ1) is 16.3. The van der Waals surface area contributed by atoms with Crippen molar-refractivity contribution in [3.63, 3.8) is 0 Å². The highest BCUT2D eigenvalue weighted by molar-refractivity contribution is 7.27. The zero-order valence-corrected chi connectivity index (χ0v) is 17.4. The van der Waals surface area contributed by atoms with E-state index in [2.05, 4.69) is 64.1 Å². The van der Waals surface area contributed by atoms with Crippen LogP contribution in [0.4, 0.5) is 0 Å². The van der Waals surface area contributed by atoms with Gasteiger partial charge >= 0.3 is 0 Å². The number of aryl methyl sites for hydroxylation is 4. The first-order valence-electron chi connectivity index (χ1n) is 7.85. The second-order valence-electron chi connectivity index (χ2n) is 6.08. The number of thiophene rings is 4. The van der Waals surface area contributed by atoms with E-state index >= 15 is 0 Å². The van der Waals surface area contributed by atoms with Gasteiger partial charge in [-0.15, -0.1) is 45.3 Å². The van der Waals surface area contributed by atoms with Crippen LogP contribution in [0.2, 0.25) is 0 Å². The van der Waals surface area contributed by atoms with Gasteiger partial charge in [-0.1, -0.05) is 0 Å². The van der Waals surface area contributed by atoms with Gasteiger partial charge in [0.25, 0.3) is 0 Å². The lowest BCUT2D eigenvalue weighted by molar-refractivity contribution is 1.66. The van der Waals surface area contributed by atoms with Gasteiger partial charge in [0, 0.05) is 38.3 Å². The molecule has 4 heterocycles. The molecule has 5 aromatic rings. The number of benzene rings is 1. The highest BCUT2D eigenvalue weighted by Crippen LogP contribution is 2.33. The molecule has 4 heteroatoms. The average Bonchev–Trinajstić information content (AvgIpc) is 3.18. The van der Waals surface area contributed by atoms with Crippen molar-refractivity contribution in [1.82, 2.24) is 0 Å². The maximum Gasteiger partial charge on any atom is 0.0456 e. The minimum absolute atomic E-state index is 1.39. The quantitative estimate of drug-likeness (QED) is 0.251. The zero-order chi connectivity index (χ0) is 16.8. The van der Waals surface area contributed by atoms with Crippen molar-refractivity contribution >= 4 is 74.9 Å². The van der Waals surface area contributed by atoms with Crippen LogP contribution in [0, 0.1) is 27.7 Å². The number of rotatable bonds is 0. The van der Waals surface area contributed by atoms with Crippen LogP contribution in [0.25, 0.3) is 29.6 Å². The van der Waals surface area contributed by atoms with Crippen molar-refractivity contribution in [3.05, 3.63) is 55.9 Å². The predicted molar refractivity (Wildman–Crippen MR) is 116 cm³/mol. The second kappa shape index (κ2) is 6.26. The fraction of sp³-hybridized carbons (Fsp3) is 0.200. The van der Waals surface area contributed by atoms with Crippen LogP contribution in [-0.2, 0) is 0 Å². The van der Waals surface area contributed by atoms with Gasteiger partial charge in [-0.3, -0.25) is 0 Å². The molecule has 0 aliphatic carbocycles. The summed E-state index contributed by atoms with van der Waals surface area (Å²) in [5.74, 6) is 0. The largest absolute Gasteiger partial charge is 0.141 e. The molecule has 122 valence electrons. The van der Waals surface area contributed by atoms with Gasteiger partial charge in [-0.05, 0) is 74.9 Å². The standard InChI is InChI=1S/C12H10S2.C8H8S2/c1-7-3-9-5-12-10(4-8(2)14-12)6-11(9)13-7;1-5-3-7-8(9-5)4-6(2)10-7/h3-6H,1-2H3;3-4H,1-2H3. The average molecular weight is 387 g/mol. The highest BCUT2D eigenvalue weighted by Gasteiger charge is 2.03. The van der Waals surface area contributed by atoms with Gasteiger partial charge in [0.2, 0.25) is 0 Å². The lowest BCUT2D eigenvalue weighted by Gasteiger charge is -1.89. The molecule has 0 amide bonds. The van der Waals surface area contributed by atoms with E-state index in [9.17, 15) is 0 Å². The summed E-state index contributed by atoms with van der Waals surface area (Å²) in [6.45, 7) is 8.66. The van der Waals surface area contributed by atoms with Crippen LogP contribution in [0.1, 0.15) is 19.5 Å². The van der Waals surface area contributed by atoms with E-state index in [1.165, 1.54) is 49.1 Å². The van der Waals surface area contributed by atoms with Crippen LogP contribution in [-0.4, -0.2) is 0 Å². The molecule has 0 atom stereocenters. The van der Waals surface area contributed by atoms with Crippen LogP contribution < -0.4 is 0 Å². The van der Waals surface area contributed by atoms with Crippen molar-refractivity contribution in [3.8, 4) is 0 Å². The molecular weight excluding hydrogens is 368 g/mol. The van der Waals surface area contributed by atoms with Crippen LogP contribution in [0.5, 0.6) is 0 Å². The van der Waals surface area contributed by atoms with Gasteiger partial charge in [-0.25, -0.2) is 0 Å². The summed E-state index contributed by atoms with van der Waals surface area (Å²) in [7, 11) is 0. The van der Waals surface area contributed by atoms with Crippen molar-refractivity contribution < 1.29 is 0 Å². The van der Waals surface area contributed by atoms with Gasteiger partial charge in [-0.2, -0.15) is 0 Å². The van der Waals surface area contributed by atoms with E-state index in [1.54, 1.807) is 0 Å². The molecule has 0 spiro atoms. The molecule has 24 heavy (non-hydrogen) atoms. The Morgan fingerprint density at radius 3 is 1.17 bits per heavy atom. The summed E-state index contributed by atoms with van der Waals surface area (Å²) in [5, 5.41) is 2.78. The Morgan fingerprint density at radius 1 is 0.417 bits per heavy atom. The molecule has 0 fully saturated rings. The summed E-state index contributed by atoms with van der Waals surface area (Å²) in [6, 6.07) is 13.7. The van der Waals surface area contributed by atoms with Crippen molar-refractivity contribution in [2.45, 2.75) is 27.7 Å². The molecule has 5 rings (SSSR count). The fourth-order valence-corrected chi connectivity index (χ4v) is 7.06. The zero-order valence-electron chi connectivity index (χ0n) is 14.1. The van der Waals surface area contributed by atoms with Gasteiger partial charge in [0.15, 0.2) is 0 Å². The fourth-order valence-electron chi connectivity index (χ4n) is 2.91. The molecule has 0 unspecified atom stereocenters. The molecule has 0 radical (unpaired) electrons. The summed E-state index contributed by atoms with van der Waals surface area (Å²) >= 11 is 7.53. The van der Waals surface area contributed by atoms with Crippen molar-refractivity contribution in [2.24, 2.45) is 0 Å². The maximum absolute atomic E-state index is 2.31. The smallest absolute Gasteiger partial charge is 0.0456 e. The van der Waals surface area contributed by atoms with Crippen LogP contribution in [0.15, 0.2) is 36.4 Å². The molecule has 4 aromatic heterocycles. The molecule has 0 bridgehead atoms. The monoisotopic (exact) mass is 386 g/mol. The Balaban J connectivity index is 0.000000129. The summed E-state index contributed by atoms with van der Waals surface area (Å²) < 4.78 is 5.71. The maximum atomic E-state index is 2.31. The SMILES string of the molecule is Cc1cc2cc3sc(C)cc3cc2s1.Cc1cc2sc(C)cc2s1. The van der Waals surface area contributed by atoms with Gasteiger partial charge < -0.3 is 0 Å². The van der Waals surface area contributed by atoms with Crippen LogP contribution >= 0.6 is 45.3 Å². The third kappa shape index (κ3) is 3.16. The summed E-state index contributed by atoms with van der Waals surface area (Å²) in [4.78, 5) is 5.63. The molecule has 0 saturated heterocycles. The third-order valence-electron chi connectivity index (χ3n) is 3.86. The second-order valence-corrected chi connectivity index (χ2v) is 11.2.